The molecule has 1 fully saturated rings. The van der Waals surface area contributed by atoms with Crippen molar-refractivity contribution < 1.29 is 14.3 Å². The second-order valence-corrected chi connectivity index (χ2v) is 7.11. The summed E-state index contributed by atoms with van der Waals surface area (Å²) in [5, 5.41) is 0. The summed E-state index contributed by atoms with van der Waals surface area (Å²) in [4.78, 5) is 13.5. The first kappa shape index (κ1) is 19.6. The summed E-state index contributed by atoms with van der Waals surface area (Å²) in [7, 11) is 0. The van der Waals surface area contributed by atoms with Gasteiger partial charge in [0.15, 0.2) is 0 Å². The molecule has 1 aromatic rings. The summed E-state index contributed by atoms with van der Waals surface area (Å²) in [5.41, 5.74) is 0.871. The number of anilines is 1. The third-order valence-corrected chi connectivity index (χ3v) is 4.62. The molecular formula is C21H33NO3. The lowest BCUT2D eigenvalue weighted by Crippen LogP contribution is -2.42. The lowest BCUT2D eigenvalue weighted by molar-refractivity contribution is 0.119. The molecule has 1 saturated heterocycles. The van der Waals surface area contributed by atoms with Crippen LogP contribution in [-0.4, -0.2) is 25.9 Å². The number of hydrogen-bond donors (Lipinski definition) is 0. The van der Waals surface area contributed by atoms with Crippen molar-refractivity contribution in [2.75, 3.05) is 24.7 Å². The number of nitrogens with zero attached hydrogens (tertiary/aromatic N) is 1. The van der Waals surface area contributed by atoms with Crippen LogP contribution >= 0.6 is 0 Å². The Balaban J connectivity index is 1.63. The van der Waals surface area contributed by atoms with Crippen molar-refractivity contribution >= 4 is 11.8 Å². The highest BCUT2D eigenvalue weighted by Crippen LogP contribution is 2.23. The number of cyclic esters (lactones) is 1. The molecule has 1 atom stereocenters. The quantitative estimate of drug-likeness (QED) is 0.475. The lowest BCUT2D eigenvalue weighted by Gasteiger charge is -2.30. The van der Waals surface area contributed by atoms with E-state index < -0.39 is 0 Å². The van der Waals surface area contributed by atoms with E-state index in [1.165, 1.54) is 44.9 Å². The zero-order valence-corrected chi connectivity index (χ0v) is 15.8. The maximum absolute atomic E-state index is 11.9. The van der Waals surface area contributed by atoms with E-state index in [1.54, 1.807) is 4.90 Å². The molecule has 0 N–H and O–H groups in total. The number of ether oxygens (including phenoxy) is 2. The monoisotopic (exact) mass is 347 g/mol. The molecule has 0 saturated carbocycles. The number of carbonyl (C=O) groups excluding carboxylic acids is 1. The van der Waals surface area contributed by atoms with Gasteiger partial charge in [0, 0.05) is 18.2 Å². The first-order chi connectivity index (χ1) is 12.2. The molecule has 140 valence electrons. The fourth-order valence-corrected chi connectivity index (χ4v) is 3.09. The van der Waals surface area contributed by atoms with Crippen molar-refractivity contribution in [3.63, 3.8) is 0 Å². The molecule has 0 aromatic heterocycles. The predicted octanol–water partition coefficient (Wildman–Crippen LogP) is 5.80. The highest BCUT2D eigenvalue weighted by Gasteiger charge is 2.25. The molecule has 0 radical (unpaired) electrons. The van der Waals surface area contributed by atoms with Gasteiger partial charge in [0.25, 0.3) is 0 Å². The summed E-state index contributed by atoms with van der Waals surface area (Å²) in [6.07, 6.45) is 10.2. The second-order valence-electron chi connectivity index (χ2n) is 7.11. The Bertz CT molecular complexity index is 500. The van der Waals surface area contributed by atoms with Gasteiger partial charge in [-0.2, -0.15) is 0 Å². The van der Waals surface area contributed by atoms with Crippen LogP contribution in [0.2, 0.25) is 0 Å². The van der Waals surface area contributed by atoms with E-state index in [2.05, 4.69) is 13.8 Å². The Morgan fingerprint density at radius 1 is 1.04 bits per heavy atom. The van der Waals surface area contributed by atoms with Crippen LogP contribution in [-0.2, 0) is 4.74 Å². The van der Waals surface area contributed by atoms with E-state index in [1.807, 2.05) is 24.3 Å². The van der Waals surface area contributed by atoms with Crippen molar-refractivity contribution in [3.05, 3.63) is 24.3 Å². The van der Waals surface area contributed by atoms with Gasteiger partial charge < -0.3 is 9.47 Å². The number of benzene rings is 1. The standard InChI is InChI=1S/C21H33NO3/c1-3-4-5-6-7-8-9-10-15-24-20-13-11-19(12-14-20)22-16-18(2)17-25-21(22)23/h11-14,18H,3-10,15-17H2,1-2H3. The molecule has 0 aliphatic carbocycles. The fourth-order valence-electron chi connectivity index (χ4n) is 3.09. The van der Waals surface area contributed by atoms with E-state index in [9.17, 15) is 4.79 Å². The van der Waals surface area contributed by atoms with Crippen molar-refractivity contribution in [1.82, 2.24) is 0 Å². The van der Waals surface area contributed by atoms with Crippen LogP contribution in [0.25, 0.3) is 0 Å². The number of carbonyl (C=O) groups is 1. The maximum atomic E-state index is 11.9. The minimum Gasteiger partial charge on any atom is -0.494 e. The van der Waals surface area contributed by atoms with Crippen molar-refractivity contribution in [2.45, 2.75) is 65.2 Å². The molecule has 1 unspecified atom stereocenters. The molecule has 1 aromatic carbocycles. The van der Waals surface area contributed by atoms with Gasteiger partial charge in [0.1, 0.15) is 5.75 Å². The van der Waals surface area contributed by atoms with Gasteiger partial charge in [-0.05, 0) is 30.7 Å². The van der Waals surface area contributed by atoms with E-state index in [4.69, 9.17) is 9.47 Å². The number of unbranched alkanes of at least 4 members (excludes halogenated alkanes) is 7. The predicted molar refractivity (Wildman–Crippen MR) is 102 cm³/mol. The average molecular weight is 347 g/mol. The number of hydrogen-bond acceptors (Lipinski definition) is 3. The molecule has 4 nitrogen and oxygen atoms in total. The van der Waals surface area contributed by atoms with Gasteiger partial charge in [-0.25, -0.2) is 4.79 Å². The number of amides is 1. The van der Waals surface area contributed by atoms with E-state index in [0.717, 1.165) is 24.5 Å². The van der Waals surface area contributed by atoms with Crippen LogP contribution in [0, 0.1) is 5.92 Å². The van der Waals surface area contributed by atoms with Gasteiger partial charge in [-0.15, -0.1) is 0 Å². The molecule has 1 heterocycles. The molecule has 25 heavy (non-hydrogen) atoms. The topological polar surface area (TPSA) is 38.8 Å². The molecule has 1 aliphatic rings. The molecule has 1 aliphatic heterocycles. The van der Waals surface area contributed by atoms with Crippen molar-refractivity contribution in [1.29, 1.82) is 0 Å². The lowest BCUT2D eigenvalue weighted by atomic mass is 10.1. The second kappa shape index (κ2) is 11.0. The third-order valence-electron chi connectivity index (χ3n) is 4.62. The van der Waals surface area contributed by atoms with E-state index >= 15 is 0 Å². The summed E-state index contributed by atoms with van der Waals surface area (Å²) < 4.78 is 11.0. The summed E-state index contributed by atoms with van der Waals surface area (Å²) in [6.45, 7) is 6.31. The highest BCUT2D eigenvalue weighted by atomic mass is 16.6. The Hall–Kier alpha value is -1.71. The largest absolute Gasteiger partial charge is 0.494 e. The zero-order chi connectivity index (χ0) is 17.9. The van der Waals surface area contributed by atoms with Gasteiger partial charge >= 0.3 is 6.09 Å². The molecular weight excluding hydrogens is 314 g/mol. The first-order valence-corrected chi connectivity index (χ1v) is 9.88. The zero-order valence-electron chi connectivity index (χ0n) is 15.8. The smallest absolute Gasteiger partial charge is 0.414 e. The number of rotatable bonds is 11. The average Bonchev–Trinajstić information content (AvgIpc) is 2.63. The van der Waals surface area contributed by atoms with Crippen LogP contribution in [0.5, 0.6) is 5.75 Å². The SMILES string of the molecule is CCCCCCCCCCOc1ccc(N2CC(C)COC2=O)cc1. The molecule has 1 amide bonds. The van der Waals surface area contributed by atoms with Gasteiger partial charge in [-0.1, -0.05) is 58.8 Å². The summed E-state index contributed by atoms with van der Waals surface area (Å²) in [5.74, 6) is 1.22. The Kier molecular flexibility index (Phi) is 8.64. The van der Waals surface area contributed by atoms with E-state index in [0.29, 0.717) is 19.1 Å². The van der Waals surface area contributed by atoms with Gasteiger partial charge in [0.2, 0.25) is 0 Å². The molecule has 2 rings (SSSR count). The van der Waals surface area contributed by atoms with Crippen molar-refractivity contribution in [3.8, 4) is 5.75 Å². The minimum atomic E-state index is -0.259. The Labute approximate surface area is 152 Å². The molecule has 0 spiro atoms. The van der Waals surface area contributed by atoms with Crippen molar-refractivity contribution in [2.24, 2.45) is 5.92 Å². The van der Waals surface area contributed by atoms with Crippen LogP contribution < -0.4 is 9.64 Å². The van der Waals surface area contributed by atoms with Gasteiger partial charge in [-0.3, -0.25) is 4.90 Å². The third kappa shape index (κ3) is 6.97. The summed E-state index contributed by atoms with van der Waals surface area (Å²) >= 11 is 0. The maximum Gasteiger partial charge on any atom is 0.414 e. The molecule has 0 bridgehead atoms. The van der Waals surface area contributed by atoms with Crippen LogP contribution in [0.15, 0.2) is 24.3 Å². The van der Waals surface area contributed by atoms with Gasteiger partial charge in [0.05, 0.1) is 13.2 Å². The highest BCUT2D eigenvalue weighted by molar-refractivity contribution is 5.88. The summed E-state index contributed by atoms with van der Waals surface area (Å²) in [6, 6.07) is 7.74. The Morgan fingerprint density at radius 3 is 2.36 bits per heavy atom. The van der Waals surface area contributed by atoms with Crippen LogP contribution in [0.4, 0.5) is 10.5 Å². The van der Waals surface area contributed by atoms with Crippen LogP contribution in [0.3, 0.4) is 0 Å². The minimum absolute atomic E-state index is 0.259. The Morgan fingerprint density at radius 2 is 1.68 bits per heavy atom. The van der Waals surface area contributed by atoms with E-state index in [-0.39, 0.29) is 6.09 Å². The van der Waals surface area contributed by atoms with Crippen LogP contribution in [0.1, 0.15) is 65.2 Å². The fraction of sp³-hybridized carbons (Fsp3) is 0.667. The first-order valence-electron chi connectivity index (χ1n) is 9.88. The molecule has 4 heteroatoms. The normalized spacial score (nSPS) is 17.4.